The molecule has 0 aliphatic carbocycles. The normalized spacial score (nSPS) is 16.0. The molecule has 1 aliphatic rings. The number of nitrogens with zero attached hydrogens (tertiary/aromatic N) is 1. The highest BCUT2D eigenvalue weighted by Gasteiger charge is 2.22. The van der Waals surface area contributed by atoms with Gasteiger partial charge in [-0.15, -0.1) is 0 Å². The van der Waals surface area contributed by atoms with E-state index in [2.05, 4.69) is 11.9 Å². The molecule has 0 unspecified atom stereocenters. The number of unbranched alkanes of at least 4 members (excludes halogenated alkanes) is 6. The molecule has 0 spiro atoms. The van der Waals surface area contributed by atoms with Crippen LogP contribution < -0.4 is 0 Å². The monoisotopic (exact) mass is 299 g/mol. The van der Waals surface area contributed by atoms with Crippen LogP contribution in [0.1, 0.15) is 63.9 Å². The lowest BCUT2D eigenvalue weighted by Crippen LogP contribution is -2.03. The standard InChI is InChI=1S/C19H25NO2/c1-2-3-4-5-6-7-11-14-18-20-17(19(21)22-18)15-16-12-9-8-10-13-16/h8-10,12-13,15H,2-7,11,14H2,1H3/b17-15-. The van der Waals surface area contributed by atoms with Gasteiger partial charge in [-0.1, -0.05) is 75.8 Å². The second kappa shape index (κ2) is 9.19. The van der Waals surface area contributed by atoms with Crippen LogP contribution in [0.25, 0.3) is 6.08 Å². The van der Waals surface area contributed by atoms with E-state index in [1.807, 2.05) is 30.3 Å². The molecule has 2 rings (SSSR count). The molecule has 1 aliphatic heterocycles. The number of rotatable bonds is 9. The predicted molar refractivity (Wildman–Crippen MR) is 90.6 cm³/mol. The van der Waals surface area contributed by atoms with Crippen molar-refractivity contribution in [2.45, 2.75) is 58.3 Å². The number of benzene rings is 1. The lowest BCUT2D eigenvalue weighted by Gasteiger charge is -2.00. The Balaban J connectivity index is 1.75. The first kappa shape index (κ1) is 16.5. The first-order valence-electron chi connectivity index (χ1n) is 8.36. The fraction of sp³-hybridized carbons (Fsp3) is 0.474. The van der Waals surface area contributed by atoms with E-state index in [9.17, 15) is 4.79 Å². The summed E-state index contributed by atoms with van der Waals surface area (Å²) in [6.45, 7) is 2.23. The zero-order valence-corrected chi connectivity index (χ0v) is 13.4. The van der Waals surface area contributed by atoms with Crippen LogP contribution in [0.5, 0.6) is 0 Å². The molecule has 22 heavy (non-hydrogen) atoms. The van der Waals surface area contributed by atoms with Crippen LogP contribution in [-0.4, -0.2) is 11.9 Å². The van der Waals surface area contributed by atoms with Gasteiger partial charge in [-0.3, -0.25) is 0 Å². The van der Waals surface area contributed by atoms with E-state index in [4.69, 9.17) is 4.74 Å². The molecular formula is C19H25NO2. The highest BCUT2D eigenvalue weighted by molar-refractivity contribution is 6.07. The Morgan fingerprint density at radius 3 is 2.41 bits per heavy atom. The molecule has 118 valence electrons. The molecule has 0 fully saturated rings. The van der Waals surface area contributed by atoms with E-state index >= 15 is 0 Å². The summed E-state index contributed by atoms with van der Waals surface area (Å²) in [5, 5.41) is 0. The van der Waals surface area contributed by atoms with Crippen molar-refractivity contribution in [3.8, 4) is 0 Å². The molecule has 1 aromatic rings. The van der Waals surface area contributed by atoms with E-state index in [1.54, 1.807) is 6.08 Å². The molecule has 1 aromatic carbocycles. The number of carbonyl (C=O) groups excluding carboxylic acids is 1. The molecule has 0 saturated carbocycles. The maximum Gasteiger partial charge on any atom is 0.363 e. The van der Waals surface area contributed by atoms with Gasteiger partial charge in [0, 0.05) is 6.42 Å². The fourth-order valence-electron chi connectivity index (χ4n) is 2.50. The van der Waals surface area contributed by atoms with Crippen LogP contribution in [-0.2, 0) is 9.53 Å². The van der Waals surface area contributed by atoms with Crippen molar-refractivity contribution < 1.29 is 9.53 Å². The first-order chi connectivity index (χ1) is 10.8. The third kappa shape index (κ3) is 5.47. The molecule has 1 heterocycles. The van der Waals surface area contributed by atoms with Crippen LogP contribution in [0.15, 0.2) is 41.0 Å². The molecule has 0 aromatic heterocycles. The van der Waals surface area contributed by atoms with Crippen LogP contribution >= 0.6 is 0 Å². The van der Waals surface area contributed by atoms with Crippen LogP contribution in [0.3, 0.4) is 0 Å². The van der Waals surface area contributed by atoms with E-state index < -0.39 is 0 Å². The molecule has 0 N–H and O–H groups in total. The number of aliphatic imine (C=N–C) groups is 1. The quantitative estimate of drug-likeness (QED) is 0.360. The first-order valence-corrected chi connectivity index (χ1v) is 8.36. The molecular weight excluding hydrogens is 274 g/mol. The highest BCUT2D eigenvalue weighted by atomic mass is 16.6. The van der Waals surface area contributed by atoms with Gasteiger partial charge in [0.2, 0.25) is 0 Å². The number of esters is 1. The third-order valence-electron chi connectivity index (χ3n) is 3.76. The van der Waals surface area contributed by atoms with Crippen LogP contribution in [0, 0.1) is 0 Å². The van der Waals surface area contributed by atoms with Crippen molar-refractivity contribution in [1.29, 1.82) is 0 Å². The molecule has 0 amide bonds. The largest absolute Gasteiger partial charge is 0.407 e. The number of carbonyl (C=O) groups is 1. The van der Waals surface area contributed by atoms with Crippen molar-refractivity contribution in [1.82, 2.24) is 0 Å². The van der Waals surface area contributed by atoms with Crippen molar-refractivity contribution in [2.24, 2.45) is 4.99 Å². The van der Waals surface area contributed by atoms with E-state index in [-0.39, 0.29) is 5.97 Å². The Kier molecular flexibility index (Phi) is 6.88. The fourth-order valence-corrected chi connectivity index (χ4v) is 2.50. The van der Waals surface area contributed by atoms with Crippen molar-refractivity contribution >= 4 is 17.9 Å². The summed E-state index contributed by atoms with van der Waals surface area (Å²) >= 11 is 0. The van der Waals surface area contributed by atoms with Gasteiger partial charge in [0.25, 0.3) is 0 Å². The van der Waals surface area contributed by atoms with E-state index in [1.165, 1.54) is 38.5 Å². The summed E-state index contributed by atoms with van der Waals surface area (Å²) in [4.78, 5) is 16.1. The highest BCUT2D eigenvalue weighted by Crippen LogP contribution is 2.18. The SMILES string of the molecule is CCCCCCCCCC1=N/C(=C\c2ccccc2)C(=O)O1. The predicted octanol–water partition coefficient (Wildman–Crippen LogP) is 5.12. The Hall–Kier alpha value is -1.90. The number of cyclic esters (lactones) is 1. The maximum atomic E-state index is 11.8. The number of hydrogen-bond acceptors (Lipinski definition) is 3. The van der Waals surface area contributed by atoms with Gasteiger partial charge in [-0.25, -0.2) is 9.79 Å². The number of hydrogen-bond donors (Lipinski definition) is 0. The van der Waals surface area contributed by atoms with Gasteiger partial charge >= 0.3 is 5.97 Å². The Bertz CT molecular complexity index is 532. The molecule has 0 saturated heterocycles. The lowest BCUT2D eigenvalue weighted by atomic mass is 10.1. The van der Waals surface area contributed by atoms with Gasteiger partial charge in [0.15, 0.2) is 11.6 Å². The van der Waals surface area contributed by atoms with Gasteiger partial charge in [0.05, 0.1) is 0 Å². The molecule has 0 atom stereocenters. The number of ether oxygens (including phenoxy) is 1. The van der Waals surface area contributed by atoms with Gasteiger partial charge < -0.3 is 4.74 Å². The minimum Gasteiger partial charge on any atom is -0.407 e. The Morgan fingerprint density at radius 1 is 1.00 bits per heavy atom. The average Bonchev–Trinajstić information content (AvgIpc) is 2.87. The summed E-state index contributed by atoms with van der Waals surface area (Å²) in [6.07, 6.45) is 11.3. The van der Waals surface area contributed by atoms with Crippen LogP contribution in [0.2, 0.25) is 0 Å². The molecule has 3 heteroatoms. The summed E-state index contributed by atoms with van der Waals surface area (Å²) in [5.41, 5.74) is 1.37. The Morgan fingerprint density at radius 2 is 1.68 bits per heavy atom. The average molecular weight is 299 g/mol. The van der Waals surface area contributed by atoms with E-state index in [0.717, 1.165) is 18.4 Å². The lowest BCUT2D eigenvalue weighted by molar-refractivity contribution is -0.130. The molecule has 3 nitrogen and oxygen atoms in total. The molecule has 0 bridgehead atoms. The van der Waals surface area contributed by atoms with Gasteiger partial charge in [-0.2, -0.15) is 0 Å². The second-order valence-corrected chi connectivity index (χ2v) is 5.71. The summed E-state index contributed by atoms with van der Waals surface area (Å²) in [7, 11) is 0. The summed E-state index contributed by atoms with van der Waals surface area (Å²) in [6, 6.07) is 9.73. The minimum absolute atomic E-state index is 0.332. The summed E-state index contributed by atoms with van der Waals surface area (Å²) in [5.74, 6) is 0.238. The Labute approximate surface area is 133 Å². The van der Waals surface area contributed by atoms with Crippen molar-refractivity contribution in [2.75, 3.05) is 0 Å². The van der Waals surface area contributed by atoms with Gasteiger partial charge in [0.1, 0.15) is 0 Å². The molecule has 0 radical (unpaired) electrons. The van der Waals surface area contributed by atoms with Crippen molar-refractivity contribution in [3.05, 3.63) is 41.6 Å². The van der Waals surface area contributed by atoms with E-state index in [0.29, 0.717) is 11.6 Å². The third-order valence-corrected chi connectivity index (χ3v) is 3.76. The topological polar surface area (TPSA) is 38.7 Å². The maximum absolute atomic E-state index is 11.8. The zero-order valence-electron chi connectivity index (χ0n) is 13.4. The zero-order chi connectivity index (χ0) is 15.6. The van der Waals surface area contributed by atoms with Crippen LogP contribution in [0.4, 0.5) is 0 Å². The van der Waals surface area contributed by atoms with Crippen molar-refractivity contribution in [3.63, 3.8) is 0 Å². The smallest absolute Gasteiger partial charge is 0.363 e. The minimum atomic E-state index is -0.332. The second-order valence-electron chi connectivity index (χ2n) is 5.71. The summed E-state index contributed by atoms with van der Waals surface area (Å²) < 4.78 is 5.23. The van der Waals surface area contributed by atoms with Gasteiger partial charge in [-0.05, 0) is 18.1 Å².